The van der Waals surface area contributed by atoms with Gasteiger partial charge in [0.05, 0.1) is 11.1 Å². The fourth-order valence-corrected chi connectivity index (χ4v) is 3.59. The van der Waals surface area contributed by atoms with Gasteiger partial charge in [0.1, 0.15) is 0 Å². The summed E-state index contributed by atoms with van der Waals surface area (Å²) in [6.07, 6.45) is -2.56. The third kappa shape index (κ3) is 4.00. The van der Waals surface area contributed by atoms with E-state index in [1.54, 1.807) is 34.5 Å². The Kier molecular flexibility index (Phi) is 5.22. The monoisotopic (exact) mass is 429 g/mol. The Labute approximate surface area is 176 Å². The van der Waals surface area contributed by atoms with Crippen molar-refractivity contribution >= 4 is 27.8 Å². The van der Waals surface area contributed by atoms with Gasteiger partial charge in [0, 0.05) is 48.4 Å². The summed E-state index contributed by atoms with van der Waals surface area (Å²) in [6.45, 7) is 1.25. The molecule has 9 heteroatoms. The number of amides is 1. The minimum atomic E-state index is -4.40. The SMILES string of the molecule is CN(C)CCNC(=O)c1ccc2c(c1)c1cn(C)nc1n2-c1ccc(C(F)(F)F)cc1. The van der Waals surface area contributed by atoms with Crippen LogP contribution in [-0.2, 0) is 13.2 Å². The molecule has 0 aliphatic carbocycles. The van der Waals surface area contributed by atoms with E-state index in [2.05, 4.69) is 10.4 Å². The van der Waals surface area contributed by atoms with Crippen molar-refractivity contribution in [2.75, 3.05) is 27.2 Å². The number of benzene rings is 2. The lowest BCUT2D eigenvalue weighted by Gasteiger charge is -2.11. The van der Waals surface area contributed by atoms with Gasteiger partial charge in [0.15, 0.2) is 5.65 Å². The molecule has 1 N–H and O–H groups in total. The molecule has 31 heavy (non-hydrogen) atoms. The second kappa shape index (κ2) is 7.73. The van der Waals surface area contributed by atoms with E-state index in [0.717, 1.165) is 35.0 Å². The number of halogens is 3. The van der Waals surface area contributed by atoms with Crippen LogP contribution in [0.3, 0.4) is 0 Å². The number of hydrogen-bond acceptors (Lipinski definition) is 3. The van der Waals surface area contributed by atoms with Gasteiger partial charge in [-0.1, -0.05) is 0 Å². The highest BCUT2D eigenvalue weighted by molar-refractivity contribution is 6.10. The summed E-state index contributed by atoms with van der Waals surface area (Å²) in [5.41, 5.74) is 1.75. The van der Waals surface area contributed by atoms with Crippen LogP contribution in [0.2, 0.25) is 0 Å². The fraction of sp³-hybridized carbons (Fsp3) is 0.273. The van der Waals surface area contributed by atoms with Crippen molar-refractivity contribution in [2.24, 2.45) is 7.05 Å². The summed E-state index contributed by atoms with van der Waals surface area (Å²) in [5.74, 6) is -0.178. The number of carbonyl (C=O) groups is 1. The predicted molar refractivity (Wildman–Crippen MR) is 113 cm³/mol. The van der Waals surface area contributed by atoms with Crippen LogP contribution >= 0.6 is 0 Å². The first kappa shape index (κ1) is 20.9. The van der Waals surface area contributed by atoms with Crippen LogP contribution in [0.4, 0.5) is 13.2 Å². The number of hydrogen-bond donors (Lipinski definition) is 1. The lowest BCUT2D eigenvalue weighted by molar-refractivity contribution is -0.137. The number of aromatic nitrogens is 3. The molecular weight excluding hydrogens is 407 g/mol. The lowest BCUT2D eigenvalue weighted by atomic mass is 10.1. The van der Waals surface area contributed by atoms with Crippen LogP contribution in [0.25, 0.3) is 27.6 Å². The molecule has 162 valence electrons. The molecule has 4 aromatic rings. The van der Waals surface area contributed by atoms with Gasteiger partial charge in [-0.05, 0) is 56.6 Å². The van der Waals surface area contributed by atoms with Gasteiger partial charge in [0.2, 0.25) is 0 Å². The zero-order valence-corrected chi connectivity index (χ0v) is 17.4. The van der Waals surface area contributed by atoms with Gasteiger partial charge >= 0.3 is 6.18 Å². The van der Waals surface area contributed by atoms with Gasteiger partial charge in [0.25, 0.3) is 5.91 Å². The average molecular weight is 429 g/mol. The van der Waals surface area contributed by atoms with Crippen LogP contribution < -0.4 is 5.32 Å². The quantitative estimate of drug-likeness (QED) is 0.525. The summed E-state index contributed by atoms with van der Waals surface area (Å²) in [7, 11) is 5.64. The first-order chi connectivity index (χ1) is 14.6. The molecule has 0 saturated carbocycles. The molecule has 0 bridgehead atoms. The van der Waals surface area contributed by atoms with E-state index in [1.807, 2.05) is 25.2 Å². The standard InChI is InChI=1S/C22H22F3N5O/c1-28(2)11-10-26-21(31)14-4-9-19-17(12-14)18-13-29(3)27-20(18)30(19)16-7-5-15(6-8-16)22(23,24)25/h4-9,12-13H,10-11H2,1-3H3,(H,26,31). The van der Waals surface area contributed by atoms with Crippen molar-refractivity contribution in [3.8, 4) is 5.69 Å². The van der Waals surface area contributed by atoms with E-state index in [9.17, 15) is 18.0 Å². The van der Waals surface area contributed by atoms with E-state index >= 15 is 0 Å². The summed E-state index contributed by atoms with van der Waals surface area (Å²) in [6, 6.07) is 10.3. The lowest BCUT2D eigenvalue weighted by Crippen LogP contribution is -2.31. The van der Waals surface area contributed by atoms with Gasteiger partial charge in [-0.15, -0.1) is 0 Å². The van der Waals surface area contributed by atoms with E-state index in [0.29, 0.717) is 23.4 Å². The Morgan fingerprint density at radius 3 is 2.45 bits per heavy atom. The number of nitrogens with one attached hydrogen (secondary N) is 1. The van der Waals surface area contributed by atoms with Crippen LogP contribution in [0.5, 0.6) is 0 Å². The van der Waals surface area contributed by atoms with Crippen LogP contribution in [-0.4, -0.2) is 52.3 Å². The maximum absolute atomic E-state index is 13.0. The Morgan fingerprint density at radius 1 is 1.10 bits per heavy atom. The highest BCUT2D eigenvalue weighted by Crippen LogP contribution is 2.34. The maximum atomic E-state index is 13.0. The summed E-state index contributed by atoms with van der Waals surface area (Å²) < 4.78 is 42.3. The second-order valence-electron chi connectivity index (χ2n) is 7.71. The molecule has 6 nitrogen and oxygen atoms in total. The molecule has 0 saturated heterocycles. The number of carbonyl (C=O) groups excluding carboxylic acids is 1. The van der Waals surface area contributed by atoms with Crippen LogP contribution in [0.1, 0.15) is 15.9 Å². The average Bonchev–Trinajstić information content (AvgIpc) is 3.21. The summed E-state index contributed by atoms with van der Waals surface area (Å²) in [5, 5.41) is 9.01. The van der Waals surface area contributed by atoms with E-state index in [-0.39, 0.29) is 5.91 Å². The number of aryl methyl sites for hydroxylation is 1. The van der Waals surface area contributed by atoms with Crippen LogP contribution in [0.15, 0.2) is 48.7 Å². The molecule has 2 aromatic carbocycles. The molecular formula is C22H22F3N5O. The van der Waals surface area contributed by atoms with Crippen molar-refractivity contribution < 1.29 is 18.0 Å². The number of fused-ring (bicyclic) bond motifs is 3. The molecule has 2 heterocycles. The molecule has 0 atom stereocenters. The summed E-state index contributed by atoms with van der Waals surface area (Å²) >= 11 is 0. The fourth-order valence-electron chi connectivity index (χ4n) is 3.59. The predicted octanol–water partition coefficient (Wildman–Crippen LogP) is 3.83. The zero-order chi connectivity index (χ0) is 22.3. The van der Waals surface area contributed by atoms with Gasteiger partial charge < -0.3 is 10.2 Å². The van der Waals surface area contributed by atoms with E-state index in [1.165, 1.54) is 12.1 Å². The van der Waals surface area contributed by atoms with Gasteiger partial charge in [-0.25, -0.2) is 0 Å². The molecule has 0 radical (unpaired) electrons. The molecule has 0 aliphatic heterocycles. The molecule has 0 unspecified atom stereocenters. The molecule has 0 fully saturated rings. The van der Waals surface area contributed by atoms with Crippen molar-refractivity contribution in [3.05, 3.63) is 59.8 Å². The molecule has 4 rings (SSSR count). The molecule has 0 spiro atoms. The largest absolute Gasteiger partial charge is 0.416 e. The number of nitrogens with zero attached hydrogens (tertiary/aromatic N) is 4. The minimum absolute atomic E-state index is 0.178. The maximum Gasteiger partial charge on any atom is 0.416 e. The van der Waals surface area contributed by atoms with Crippen molar-refractivity contribution in [3.63, 3.8) is 0 Å². The molecule has 0 aliphatic rings. The smallest absolute Gasteiger partial charge is 0.351 e. The molecule has 2 aromatic heterocycles. The second-order valence-corrected chi connectivity index (χ2v) is 7.71. The van der Waals surface area contributed by atoms with Gasteiger partial charge in [-0.3, -0.25) is 14.0 Å². The molecule has 1 amide bonds. The Bertz CT molecular complexity index is 1250. The van der Waals surface area contributed by atoms with Crippen molar-refractivity contribution in [1.29, 1.82) is 0 Å². The highest BCUT2D eigenvalue weighted by Gasteiger charge is 2.30. The third-order valence-corrected chi connectivity index (χ3v) is 5.11. The zero-order valence-electron chi connectivity index (χ0n) is 17.4. The number of rotatable bonds is 5. The minimum Gasteiger partial charge on any atom is -0.351 e. The Hall–Kier alpha value is -3.33. The number of alkyl halides is 3. The first-order valence-electron chi connectivity index (χ1n) is 9.73. The highest BCUT2D eigenvalue weighted by atomic mass is 19.4. The Morgan fingerprint density at radius 2 is 1.81 bits per heavy atom. The topological polar surface area (TPSA) is 55.1 Å². The van der Waals surface area contributed by atoms with Gasteiger partial charge in [-0.2, -0.15) is 18.3 Å². The third-order valence-electron chi connectivity index (χ3n) is 5.11. The summed E-state index contributed by atoms with van der Waals surface area (Å²) in [4.78, 5) is 14.5. The van der Waals surface area contributed by atoms with E-state index < -0.39 is 11.7 Å². The Balaban J connectivity index is 1.78. The first-order valence-corrected chi connectivity index (χ1v) is 9.73. The van der Waals surface area contributed by atoms with Crippen molar-refractivity contribution in [1.82, 2.24) is 24.6 Å². The van der Waals surface area contributed by atoms with E-state index in [4.69, 9.17) is 0 Å². The van der Waals surface area contributed by atoms with Crippen molar-refractivity contribution in [2.45, 2.75) is 6.18 Å². The number of likely N-dealkylation sites (N-methyl/N-ethyl adjacent to an activating group) is 1. The normalized spacial score (nSPS) is 12.2. The van der Waals surface area contributed by atoms with Crippen LogP contribution in [0, 0.1) is 0 Å².